The largest absolute Gasteiger partial charge is 0.534 e. The van der Waals surface area contributed by atoms with Crippen molar-refractivity contribution < 1.29 is 58.0 Å². The van der Waals surface area contributed by atoms with Gasteiger partial charge in [0.15, 0.2) is 10.0 Å². The number of aromatic nitrogens is 2. The number of carbonyl (C=O) groups is 2. The first-order chi connectivity index (χ1) is 28.0. The molecule has 0 saturated heterocycles. The van der Waals surface area contributed by atoms with Crippen molar-refractivity contribution in [3.05, 3.63) is 129 Å². The Kier molecular flexibility index (Phi) is 11.5. The number of alkyl halides is 3. The number of hydrogen-bond donors (Lipinski definition) is 3. The number of aryl methyl sites for hydroxylation is 4. The topological polar surface area (TPSA) is 148 Å². The number of phenolic OH excluding ortho intramolecular Hbond substituents is 1. The van der Waals surface area contributed by atoms with E-state index in [0.29, 0.717) is 47.4 Å². The summed E-state index contributed by atoms with van der Waals surface area (Å²) in [6.07, 6.45) is 4.00. The highest BCUT2D eigenvalue weighted by Crippen LogP contribution is 2.41. The third-order valence-electron chi connectivity index (χ3n) is 9.06. The monoisotopic (exact) mass is 876 g/mol. The Labute approximate surface area is 338 Å². The predicted molar refractivity (Wildman–Crippen MR) is 205 cm³/mol. The molecule has 10 nitrogen and oxygen atoms in total. The van der Waals surface area contributed by atoms with Crippen molar-refractivity contribution in [2.75, 3.05) is 10.6 Å². The van der Waals surface area contributed by atoms with Gasteiger partial charge >= 0.3 is 15.6 Å². The second-order valence-electron chi connectivity index (χ2n) is 13.0. The first kappa shape index (κ1) is 41.3. The van der Waals surface area contributed by atoms with E-state index in [1.807, 2.05) is 6.07 Å². The summed E-state index contributed by atoms with van der Waals surface area (Å²) in [7, 11) is -5.86. The Morgan fingerprint density at radius 2 is 1.10 bits per heavy atom. The zero-order valence-corrected chi connectivity index (χ0v) is 32.4. The molecule has 0 unspecified atom stereocenters. The molecule has 0 spiro atoms. The van der Waals surface area contributed by atoms with E-state index in [1.54, 1.807) is 12.1 Å². The Morgan fingerprint density at radius 3 is 1.56 bits per heavy atom. The van der Waals surface area contributed by atoms with Gasteiger partial charge in [-0.15, -0.1) is 22.7 Å². The van der Waals surface area contributed by atoms with Gasteiger partial charge in [0, 0.05) is 11.1 Å². The van der Waals surface area contributed by atoms with Gasteiger partial charge in [-0.1, -0.05) is 24.3 Å². The van der Waals surface area contributed by atoms with E-state index in [-0.39, 0.29) is 15.8 Å². The quantitative estimate of drug-likeness (QED) is 0.0852. The fraction of sp³-hybridized carbons (Fsp3) is 0.179. The third-order valence-corrected chi connectivity index (χ3v) is 12.3. The van der Waals surface area contributed by atoms with E-state index in [2.05, 4.69) is 24.8 Å². The van der Waals surface area contributed by atoms with Gasteiger partial charge in [0.2, 0.25) is 0 Å². The second kappa shape index (κ2) is 16.4. The predicted octanol–water partition coefficient (Wildman–Crippen LogP) is 9.59. The van der Waals surface area contributed by atoms with Gasteiger partial charge in [-0.05, 0) is 98.2 Å². The van der Waals surface area contributed by atoms with Crippen LogP contribution < -0.4 is 14.8 Å². The Balaban J connectivity index is 0.000000184. The number of benzene rings is 4. The van der Waals surface area contributed by atoms with Gasteiger partial charge < -0.3 is 19.9 Å². The Hall–Kier alpha value is -5.86. The van der Waals surface area contributed by atoms with Gasteiger partial charge in [0.1, 0.15) is 46.1 Å². The van der Waals surface area contributed by atoms with E-state index >= 15 is 0 Å². The number of amides is 2. The zero-order valence-electron chi connectivity index (χ0n) is 29.9. The molecule has 0 aliphatic heterocycles. The Morgan fingerprint density at radius 1 is 0.661 bits per heavy atom. The molecular weight excluding hydrogens is 850 g/mol. The maximum absolute atomic E-state index is 13.9. The van der Waals surface area contributed by atoms with Crippen molar-refractivity contribution in [1.29, 1.82) is 0 Å². The summed E-state index contributed by atoms with van der Waals surface area (Å²) in [5.74, 6) is -5.56. The first-order valence-corrected chi connectivity index (χ1v) is 20.5. The van der Waals surface area contributed by atoms with Crippen molar-refractivity contribution >= 4 is 56.0 Å². The van der Waals surface area contributed by atoms with Gasteiger partial charge in [-0.25, -0.2) is 27.5 Å². The molecule has 2 aliphatic rings. The van der Waals surface area contributed by atoms with Crippen LogP contribution in [0.15, 0.2) is 72.8 Å². The van der Waals surface area contributed by atoms with Crippen molar-refractivity contribution in [2.24, 2.45) is 0 Å². The smallest absolute Gasteiger partial charge is 0.508 e. The second-order valence-corrected chi connectivity index (χ2v) is 16.6. The SMILES string of the molecule is O=C(Nc1c(F)cccc1F)c1nc2c(s1)-c1cc(O)ccc1CCC2.O=C(Nc1c(F)cccc1F)c1nc2c(s1)-c1cc(OS(=O)(=O)C(F)(F)F)ccc1CCC2. The summed E-state index contributed by atoms with van der Waals surface area (Å²) in [6.45, 7) is 0. The molecule has 2 amide bonds. The first-order valence-electron chi connectivity index (χ1n) is 17.5. The molecule has 0 atom stereocenters. The average molecular weight is 877 g/mol. The molecular formula is C39H27F7N4O6S3. The minimum atomic E-state index is -5.86. The minimum Gasteiger partial charge on any atom is -0.508 e. The summed E-state index contributed by atoms with van der Waals surface area (Å²) in [4.78, 5) is 34.9. The number of aromatic hydroxyl groups is 1. The fourth-order valence-corrected chi connectivity index (χ4v) is 8.89. The van der Waals surface area contributed by atoms with Crippen LogP contribution in [0.3, 0.4) is 0 Å². The maximum Gasteiger partial charge on any atom is 0.534 e. The van der Waals surface area contributed by atoms with E-state index < -0.39 is 67.8 Å². The van der Waals surface area contributed by atoms with Crippen LogP contribution in [0, 0.1) is 23.3 Å². The lowest BCUT2D eigenvalue weighted by molar-refractivity contribution is -0.0500. The fourth-order valence-electron chi connectivity index (χ4n) is 6.32. The van der Waals surface area contributed by atoms with Crippen LogP contribution in [-0.2, 0) is 35.8 Å². The number of halogens is 7. The number of rotatable bonds is 6. The van der Waals surface area contributed by atoms with Crippen LogP contribution in [0.4, 0.5) is 42.1 Å². The average Bonchev–Trinajstić information content (AvgIpc) is 3.71. The molecule has 0 fully saturated rings. The van der Waals surface area contributed by atoms with E-state index in [9.17, 15) is 53.8 Å². The van der Waals surface area contributed by atoms with Gasteiger partial charge in [0.05, 0.1) is 21.1 Å². The highest BCUT2D eigenvalue weighted by atomic mass is 32.2. The Bertz CT molecular complexity index is 2700. The van der Waals surface area contributed by atoms with Crippen LogP contribution in [0.5, 0.6) is 11.5 Å². The molecule has 59 heavy (non-hydrogen) atoms. The summed E-state index contributed by atoms with van der Waals surface area (Å²) >= 11 is 2.03. The molecule has 2 aliphatic carbocycles. The lowest BCUT2D eigenvalue weighted by atomic mass is 10.0. The van der Waals surface area contributed by atoms with Gasteiger partial charge in [-0.2, -0.15) is 21.6 Å². The zero-order chi connectivity index (χ0) is 42.2. The van der Waals surface area contributed by atoms with Crippen LogP contribution in [0.1, 0.15) is 55.0 Å². The highest BCUT2D eigenvalue weighted by Gasteiger charge is 2.48. The van der Waals surface area contributed by atoms with Crippen LogP contribution >= 0.6 is 22.7 Å². The standard InChI is InChI=1S/C20H13F5N2O4S2.C19H14F2N2O2S/c21-13-4-2-5-14(22)16(13)27-18(28)19-26-15-6-1-3-10-7-8-11(9-12(10)17(15)32-19)31-33(29,30)20(23,24)25;20-13-4-2-5-14(21)16(13)23-18(25)19-22-15-6-1-3-10-7-8-11(24)9-12(10)17(15)26-19/h2,4-5,7-9H,1,3,6H2,(H,27,28);2,4-5,7-9,24H,1,3,6H2,(H,23,25). The van der Waals surface area contributed by atoms with Crippen molar-refractivity contribution in [2.45, 2.75) is 44.0 Å². The van der Waals surface area contributed by atoms with Crippen LogP contribution in [-0.4, -0.2) is 40.8 Å². The number of hydrogen-bond acceptors (Lipinski definition) is 10. The van der Waals surface area contributed by atoms with Crippen molar-refractivity contribution in [3.8, 4) is 32.4 Å². The molecule has 306 valence electrons. The number of para-hydroxylation sites is 2. The van der Waals surface area contributed by atoms with E-state index in [1.165, 1.54) is 12.1 Å². The van der Waals surface area contributed by atoms with Crippen molar-refractivity contribution in [3.63, 3.8) is 0 Å². The van der Waals surface area contributed by atoms with E-state index in [0.717, 1.165) is 99.7 Å². The number of thiazole rings is 2. The number of nitrogens with one attached hydrogen (secondary N) is 2. The number of phenols is 1. The molecule has 3 N–H and O–H groups in total. The van der Waals surface area contributed by atoms with Crippen LogP contribution in [0.25, 0.3) is 20.9 Å². The maximum atomic E-state index is 13.9. The number of fused-ring (bicyclic) bond motifs is 6. The number of anilines is 2. The molecule has 2 aromatic heterocycles. The molecule has 0 radical (unpaired) electrons. The lowest BCUT2D eigenvalue weighted by Gasteiger charge is -2.12. The molecule has 0 saturated carbocycles. The molecule has 4 aromatic carbocycles. The number of carbonyl (C=O) groups excluding carboxylic acids is 2. The number of nitrogens with zero attached hydrogens (tertiary/aromatic N) is 2. The summed E-state index contributed by atoms with van der Waals surface area (Å²) in [5, 5.41) is 14.2. The highest BCUT2D eigenvalue weighted by molar-refractivity contribution is 7.88. The third kappa shape index (κ3) is 8.79. The molecule has 8 rings (SSSR count). The normalized spacial score (nSPS) is 13.3. The lowest BCUT2D eigenvalue weighted by Crippen LogP contribution is -2.28. The van der Waals surface area contributed by atoms with Crippen LogP contribution in [0.2, 0.25) is 0 Å². The summed E-state index contributed by atoms with van der Waals surface area (Å²) in [6, 6.07) is 15.3. The van der Waals surface area contributed by atoms with Gasteiger partial charge in [-0.3, -0.25) is 9.59 Å². The molecule has 0 bridgehead atoms. The molecule has 20 heteroatoms. The van der Waals surface area contributed by atoms with E-state index in [4.69, 9.17) is 0 Å². The molecule has 6 aromatic rings. The van der Waals surface area contributed by atoms with Gasteiger partial charge in [0.25, 0.3) is 11.8 Å². The summed E-state index contributed by atoms with van der Waals surface area (Å²) < 4.78 is 120. The minimum absolute atomic E-state index is 0.121. The van der Waals surface area contributed by atoms with Crippen molar-refractivity contribution in [1.82, 2.24) is 9.97 Å². The summed E-state index contributed by atoms with van der Waals surface area (Å²) in [5.41, 5.74) is -2.51. The molecule has 2 heterocycles.